The zero-order valence-corrected chi connectivity index (χ0v) is 11.0. The number of alkyl halides is 3. The lowest BCUT2D eigenvalue weighted by Crippen LogP contribution is -2.16. The Morgan fingerprint density at radius 3 is 2.73 bits per heavy atom. The molecule has 0 aliphatic heterocycles. The van der Waals surface area contributed by atoms with E-state index in [-0.39, 0.29) is 11.3 Å². The predicted octanol–water partition coefficient (Wildman–Crippen LogP) is 3.23. The molecule has 3 rings (SSSR count). The fourth-order valence-corrected chi connectivity index (χ4v) is 1.99. The Balaban J connectivity index is 1.91. The van der Waals surface area contributed by atoms with Gasteiger partial charge in [0, 0.05) is 6.20 Å². The first-order valence-electron chi connectivity index (χ1n) is 6.22. The minimum Gasteiger partial charge on any atom is -0.343 e. The molecule has 1 amide bonds. The summed E-state index contributed by atoms with van der Waals surface area (Å²) in [6, 6.07) is 6.26. The summed E-state index contributed by atoms with van der Waals surface area (Å²) in [6.07, 6.45) is -1.87. The summed E-state index contributed by atoms with van der Waals surface area (Å²) in [4.78, 5) is 22.7. The SMILES string of the molecule is O=C(Nc1ccccc1C(F)(F)F)c1cnc2nc[nH]c2c1. The maximum atomic E-state index is 12.9. The third kappa shape index (κ3) is 2.62. The van der Waals surface area contributed by atoms with Gasteiger partial charge < -0.3 is 10.3 Å². The van der Waals surface area contributed by atoms with Gasteiger partial charge in [-0.05, 0) is 18.2 Å². The number of para-hydroxylation sites is 1. The number of carbonyl (C=O) groups is 1. The molecule has 112 valence electrons. The molecule has 2 aromatic heterocycles. The quantitative estimate of drug-likeness (QED) is 0.763. The smallest absolute Gasteiger partial charge is 0.343 e. The van der Waals surface area contributed by atoms with E-state index in [4.69, 9.17) is 0 Å². The van der Waals surface area contributed by atoms with Gasteiger partial charge in [-0.1, -0.05) is 12.1 Å². The Labute approximate surface area is 122 Å². The summed E-state index contributed by atoms with van der Waals surface area (Å²) >= 11 is 0. The molecule has 0 unspecified atom stereocenters. The van der Waals surface area contributed by atoms with Crippen molar-refractivity contribution in [3.05, 3.63) is 54.0 Å². The van der Waals surface area contributed by atoms with Gasteiger partial charge in [0.2, 0.25) is 0 Å². The van der Waals surface area contributed by atoms with Crippen molar-refractivity contribution in [3.63, 3.8) is 0 Å². The number of benzene rings is 1. The molecule has 1 aromatic carbocycles. The van der Waals surface area contributed by atoms with E-state index in [0.717, 1.165) is 6.07 Å². The number of amides is 1. The van der Waals surface area contributed by atoms with Gasteiger partial charge in [0.15, 0.2) is 5.65 Å². The summed E-state index contributed by atoms with van der Waals surface area (Å²) in [7, 11) is 0. The maximum Gasteiger partial charge on any atom is 0.418 e. The average Bonchev–Trinajstić information content (AvgIpc) is 2.94. The highest BCUT2D eigenvalue weighted by atomic mass is 19.4. The number of carbonyl (C=O) groups excluding carboxylic acids is 1. The number of nitrogens with zero attached hydrogens (tertiary/aromatic N) is 2. The first kappa shape index (κ1) is 14.1. The van der Waals surface area contributed by atoms with Gasteiger partial charge in [-0.3, -0.25) is 4.79 Å². The van der Waals surface area contributed by atoms with Crippen molar-refractivity contribution in [2.24, 2.45) is 0 Å². The fraction of sp³-hybridized carbons (Fsp3) is 0.0714. The molecular formula is C14H9F3N4O. The first-order chi connectivity index (χ1) is 10.4. The summed E-state index contributed by atoms with van der Waals surface area (Å²) in [5.41, 5.74) is -0.124. The van der Waals surface area contributed by atoms with Gasteiger partial charge in [-0.25, -0.2) is 9.97 Å². The molecular weight excluding hydrogens is 297 g/mol. The van der Waals surface area contributed by atoms with Crippen molar-refractivity contribution in [3.8, 4) is 0 Å². The number of anilines is 1. The van der Waals surface area contributed by atoms with Crippen LogP contribution in [0.15, 0.2) is 42.9 Å². The monoisotopic (exact) mass is 306 g/mol. The number of aromatic nitrogens is 3. The second kappa shape index (κ2) is 5.14. The number of H-pyrrole nitrogens is 1. The molecule has 0 atom stereocenters. The largest absolute Gasteiger partial charge is 0.418 e. The molecule has 2 N–H and O–H groups in total. The van der Waals surface area contributed by atoms with E-state index >= 15 is 0 Å². The lowest BCUT2D eigenvalue weighted by atomic mass is 10.1. The van der Waals surface area contributed by atoms with Crippen LogP contribution in [-0.4, -0.2) is 20.9 Å². The molecule has 0 saturated carbocycles. The normalized spacial score (nSPS) is 11.6. The fourth-order valence-electron chi connectivity index (χ4n) is 1.99. The van der Waals surface area contributed by atoms with Crippen LogP contribution in [0.1, 0.15) is 15.9 Å². The van der Waals surface area contributed by atoms with Gasteiger partial charge in [-0.15, -0.1) is 0 Å². The molecule has 0 aliphatic carbocycles. The van der Waals surface area contributed by atoms with Gasteiger partial charge in [0.25, 0.3) is 5.91 Å². The van der Waals surface area contributed by atoms with Crippen molar-refractivity contribution >= 4 is 22.8 Å². The van der Waals surface area contributed by atoms with E-state index in [1.807, 2.05) is 0 Å². The topological polar surface area (TPSA) is 70.7 Å². The number of aromatic amines is 1. The molecule has 22 heavy (non-hydrogen) atoms. The number of pyridine rings is 1. The van der Waals surface area contributed by atoms with Crippen LogP contribution in [0, 0.1) is 0 Å². The maximum absolute atomic E-state index is 12.9. The molecule has 0 aliphatic rings. The molecule has 5 nitrogen and oxygen atoms in total. The van der Waals surface area contributed by atoms with Gasteiger partial charge in [0.05, 0.1) is 28.7 Å². The summed E-state index contributed by atoms with van der Waals surface area (Å²) in [5.74, 6) is -0.680. The standard InChI is InChI=1S/C14H9F3N4O/c15-14(16,17)9-3-1-2-4-10(9)21-13(22)8-5-11-12(18-6-8)20-7-19-11/h1-7H,(H,21,22)(H,18,19,20). The lowest BCUT2D eigenvalue weighted by molar-refractivity contribution is -0.136. The van der Waals surface area contributed by atoms with Crippen molar-refractivity contribution in [1.82, 2.24) is 15.0 Å². The van der Waals surface area contributed by atoms with E-state index in [0.29, 0.717) is 11.2 Å². The van der Waals surface area contributed by atoms with Gasteiger partial charge in [0.1, 0.15) is 0 Å². The van der Waals surface area contributed by atoms with E-state index in [1.165, 1.54) is 36.8 Å². The first-order valence-corrected chi connectivity index (χ1v) is 6.22. The summed E-state index contributed by atoms with van der Waals surface area (Å²) in [6.45, 7) is 0. The number of hydrogen-bond acceptors (Lipinski definition) is 3. The van der Waals surface area contributed by atoms with Crippen LogP contribution in [0.3, 0.4) is 0 Å². The van der Waals surface area contributed by atoms with Crippen LogP contribution >= 0.6 is 0 Å². The number of imidazole rings is 1. The molecule has 0 radical (unpaired) electrons. The van der Waals surface area contributed by atoms with Crippen molar-refractivity contribution in [2.45, 2.75) is 6.18 Å². The Morgan fingerprint density at radius 1 is 1.18 bits per heavy atom. The third-order valence-electron chi connectivity index (χ3n) is 3.02. The Morgan fingerprint density at radius 2 is 1.95 bits per heavy atom. The predicted molar refractivity (Wildman–Crippen MR) is 73.3 cm³/mol. The summed E-state index contributed by atoms with van der Waals surface area (Å²) in [5, 5.41) is 2.26. The van der Waals surface area contributed by atoms with Crippen molar-refractivity contribution in [2.75, 3.05) is 5.32 Å². The Bertz CT molecular complexity index is 841. The van der Waals surface area contributed by atoms with Crippen LogP contribution in [0.5, 0.6) is 0 Å². The third-order valence-corrected chi connectivity index (χ3v) is 3.02. The van der Waals surface area contributed by atoms with Gasteiger partial charge in [-0.2, -0.15) is 13.2 Å². The number of fused-ring (bicyclic) bond motifs is 1. The number of rotatable bonds is 2. The van der Waals surface area contributed by atoms with Crippen LogP contribution in [0.4, 0.5) is 18.9 Å². The highest BCUT2D eigenvalue weighted by Gasteiger charge is 2.33. The number of nitrogens with one attached hydrogen (secondary N) is 2. The highest BCUT2D eigenvalue weighted by Crippen LogP contribution is 2.34. The van der Waals surface area contributed by atoms with E-state index in [2.05, 4.69) is 20.3 Å². The number of hydrogen-bond donors (Lipinski definition) is 2. The van der Waals surface area contributed by atoms with E-state index in [9.17, 15) is 18.0 Å². The average molecular weight is 306 g/mol. The van der Waals surface area contributed by atoms with Gasteiger partial charge >= 0.3 is 6.18 Å². The molecule has 0 spiro atoms. The molecule has 2 heterocycles. The van der Waals surface area contributed by atoms with E-state index < -0.39 is 17.6 Å². The zero-order valence-electron chi connectivity index (χ0n) is 11.0. The second-order valence-corrected chi connectivity index (χ2v) is 4.50. The van der Waals surface area contributed by atoms with Crippen LogP contribution in [0.25, 0.3) is 11.2 Å². The minimum absolute atomic E-state index is 0.133. The number of halogens is 3. The lowest BCUT2D eigenvalue weighted by Gasteiger charge is -2.13. The molecule has 3 aromatic rings. The molecule has 0 saturated heterocycles. The highest BCUT2D eigenvalue weighted by molar-refractivity contribution is 6.05. The summed E-state index contributed by atoms with van der Waals surface area (Å²) < 4.78 is 38.7. The van der Waals surface area contributed by atoms with Crippen LogP contribution in [-0.2, 0) is 6.18 Å². The minimum atomic E-state index is -4.55. The molecule has 0 bridgehead atoms. The van der Waals surface area contributed by atoms with E-state index in [1.54, 1.807) is 0 Å². The Kier molecular flexibility index (Phi) is 3.28. The molecule has 8 heteroatoms. The van der Waals surface area contributed by atoms with Crippen molar-refractivity contribution < 1.29 is 18.0 Å². The van der Waals surface area contributed by atoms with Crippen LogP contribution < -0.4 is 5.32 Å². The Hall–Kier alpha value is -2.90. The molecule has 0 fully saturated rings. The zero-order chi connectivity index (χ0) is 15.7. The second-order valence-electron chi connectivity index (χ2n) is 4.50. The van der Waals surface area contributed by atoms with Crippen molar-refractivity contribution in [1.29, 1.82) is 0 Å². The van der Waals surface area contributed by atoms with Crippen LogP contribution in [0.2, 0.25) is 0 Å².